The molecule has 1 amide bonds. The molecule has 0 N–H and O–H groups in total. The van der Waals surface area contributed by atoms with Crippen LogP contribution in [0.3, 0.4) is 0 Å². The molecule has 106 valence electrons. The van der Waals surface area contributed by atoms with Crippen LogP contribution in [-0.2, 0) is 16.1 Å². The van der Waals surface area contributed by atoms with Crippen LogP contribution in [0.15, 0.2) is 10.6 Å². The number of amides is 1. The van der Waals surface area contributed by atoms with Gasteiger partial charge in [0.1, 0.15) is 6.61 Å². The number of halogens is 1. The van der Waals surface area contributed by atoms with Crippen LogP contribution < -0.4 is 0 Å². The van der Waals surface area contributed by atoms with E-state index in [0.29, 0.717) is 36.5 Å². The Kier molecular flexibility index (Phi) is 4.95. The van der Waals surface area contributed by atoms with E-state index < -0.39 is 0 Å². The molecule has 1 aliphatic rings. The van der Waals surface area contributed by atoms with Crippen LogP contribution in [0.1, 0.15) is 23.2 Å². The quantitative estimate of drug-likeness (QED) is 0.781. The van der Waals surface area contributed by atoms with Crippen LogP contribution in [0.4, 0.5) is 0 Å². The Morgan fingerprint density at radius 2 is 2.47 bits per heavy atom. The molecular formula is C12H17BrN2O4. The van der Waals surface area contributed by atoms with Gasteiger partial charge < -0.3 is 18.9 Å². The highest BCUT2D eigenvalue weighted by Gasteiger charge is 2.31. The number of alkyl halides is 1. The molecule has 1 aliphatic heterocycles. The molecule has 0 bridgehead atoms. The fraction of sp³-hybridized carbons (Fsp3) is 0.667. The third-order valence-electron chi connectivity index (χ3n) is 3.00. The van der Waals surface area contributed by atoms with E-state index in [1.807, 2.05) is 6.92 Å². The average Bonchev–Trinajstić information content (AvgIpc) is 2.88. The van der Waals surface area contributed by atoms with E-state index in [4.69, 9.17) is 14.0 Å². The van der Waals surface area contributed by atoms with Gasteiger partial charge in [-0.05, 0) is 6.92 Å². The standard InChI is InChI=1S/C12H17BrN2O4/c1-8-6-18-10(4-13)5-15(8)12(16)11-3-9(7-17-2)19-14-11/h3,8,10H,4-7H2,1-2H3. The van der Waals surface area contributed by atoms with Crippen molar-refractivity contribution in [2.75, 3.05) is 25.6 Å². The van der Waals surface area contributed by atoms with Crippen molar-refractivity contribution >= 4 is 21.8 Å². The molecule has 7 heteroatoms. The number of rotatable bonds is 4. The zero-order chi connectivity index (χ0) is 13.8. The molecule has 0 saturated carbocycles. The van der Waals surface area contributed by atoms with Crippen molar-refractivity contribution in [1.29, 1.82) is 0 Å². The lowest BCUT2D eigenvalue weighted by Gasteiger charge is -2.37. The molecule has 1 fully saturated rings. The zero-order valence-electron chi connectivity index (χ0n) is 11.0. The first kappa shape index (κ1) is 14.5. The predicted molar refractivity (Wildman–Crippen MR) is 71.2 cm³/mol. The minimum Gasteiger partial charge on any atom is -0.377 e. The van der Waals surface area contributed by atoms with Crippen LogP contribution in [0.25, 0.3) is 0 Å². The van der Waals surface area contributed by atoms with E-state index in [-0.39, 0.29) is 18.1 Å². The van der Waals surface area contributed by atoms with Gasteiger partial charge >= 0.3 is 0 Å². The number of morpholine rings is 1. The summed E-state index contributed by atoms with van der Waals surface area (Å²) in [5.41, 5.74) is 0.314. The fourth-order valence-corrected chi connectivity index (χ4v) is 2.36. The van der Waals surface area contributed by atoms with E-state index in [0.717, 1.165) is 0 Å². The van der Waals surface area contributed by atoms with Crippen molar-refractivity contribution in [2.45, 2.75) is 25.7 Å². The monoisotopic (exact) mass is 332 g/mol. The molecule has 2 unspecified atom stereocenters. The molecule has 6 nitrogen and oxygen atoms in total. The number of hydrogen-bond acceptors (Lipinski definition) is 5. The molecule has 1 aromatic heterocycles. The molecular weight excluding hydrogens is 316 g/mol. The van der Waals surface area contributed by atoms with Gasteiger partial charge in [0.05, 0.1) is 18.8 Å². The van der Waals surface area contributed by atoms with Crippen LogP contribution in [0.2, 0.25) is 0 Å². The lowest BCUT2D eigenvalue weighted by atomic mass is 10.2. The maximum Gasteiger partial charge on any atom is 0.276 e. The molecule has 0 aromatic carbocycles. The smallest absolute Gasteiger partial charge is 0.276 e. The minimum atomic E-state index is -0.132. The summed E-state index contributed by atoms with van der Waals surface area (Å²) in [6, 6.07) is 1.65. The molecule has 1 saturated heterocycles. The summed E-state index contributed by atoms with van der Waals surface area (Å²) in [5.74, 6) is 0.414. The number of ether oxygens (including phenoxy) is 2. The number of aromatic nitrogens is 1. The predicted octanol–water partition coefficient (Wildman–Crippen LogP) is 1.45. The summed E-state index contributed by atoms with van der Waals surface area (Å²) in [5, 5.41) is 4.50. The third-order valence-corrected chi connectivity index (χ3v) is 3.73. The summed E-state index contributed by atoms with van der Waals surface area (Å²) in [4.78, 5) is 14.1. The molecule has 0 radical (unpaired) electrons. The van der Waals surface area contributed by atoms with Gasteiger partial charge in [0.15, 0.2) is 11.5 Å². The van der Waals surface area contributed by atoms with Crippen molar-refractivity contribution in [3.63, 3.8) is 0 Å². The highest BCUT2D eigenvalue weighted by Crippen LogP contribution is 2.17. The molecule has 19 heavy (non-hydrogen) atoms. The summed E-state index contributed by atoms with van der Waals surface area (Å²) >= 11 is 3.37. The van der Waals surface area contributed by atoms with Crippen molar-refractivity contribution in [3.8, 4) is 0 Å². The lowest BCUT2D eigenvalue weighted by Crippen LogP contribution is -2.51. The third kappa shape index (κ3) is 3.34. The van der Waals surface area contributed by atoms with Gasteiger partial charge in [-0.25, -0.2) is 0 Å². The maximum absolute atomic E-state index is 12.4. The number of carbonyl (C=O) groups excluding carboxylic acids is 1. The molecule has 2 atom stereocenters. The number of carbonyl (C=O) groups is 1. The Morgan fingerprint density at radius 3 is 3.16 bits per heavy atom. The van der Waals surface area contributed by atoms with E-state index >= 15 is 0 Å². The number of hydrogen-bond donors (Lipinski definition) is 0. The Balaban J connectivity index is 2.08. The van der Waals surface area contributed by atoms with Gasteiger partial charge in [-0.2, -0.15) is 0 Å². The van der Waals surface area contributed by atoms with Gasteiger partial charge in [0, 0.05) is 25.1 Å². The first-order valence-corrected chi connectivity index (χ1v) is 7.21. The first-order chi connectivity index (χ1) is 9.15. The first-order valence-electron chi connectivity index (χ1n) is 6.08. The highest BCUT2D eigenvalue weighted by atomic mass is 79.9. The summed E-state index contributed by atoms with van der Waals surface area (Å²) < 4.78 is 15.6. The molecule has 2 rings (SSSR count). The van der Waals surface area contributed by atoms with E-state index in [2.05, 4.69) is 21.1 Å². The second-order valence-corrected chi connectivity index (χ2v) is 5.18. The Labute approximate surface area is 120 Å². The fourth-order valence-electron chi connectivity index (χ4n) is 1.96. The van der Waals surface area contributed by atoms with Gasteiger partial charge in [-0.3, -0.25) is 4.79 Å². The van der Waals surface area contributed by atoms with Crippen molar-refractivity contribution in [3.05, 3.63) is 17.5 Å². The second-order valence-electron chi connectivity index (χ2n) is 4.53. The van der Waals surface area contributed by atoms with E-state index in [1.54, 1.807) is 18.1 Å². The van der Waals surface area contributed by atoms with Crippen LogP contribution in [0, 0.1) is 0 Å². The normalized spacial score (nSPS) is 23.6. The Hall–Kier alpha value is -0.920. The van der Waals surface area contributed by atoms with E-state index in [9.17, 15) is 4.79 Å². The number of nitrogens with zero attached hydrogens (tertiary/aromatic N) is 2. The highest BCUT2D eigenvalue weighted by molar-refractivity contribution is 9.09. The average molecular weight is 333 g/mol. The van der Waals surface area contributed by atoms with Gasteiger partial charge in [0.25, 0.3) is 5.91 Å². The van der Waals surface area contributed by atoms with Crippen LogP contribution in [-0.4, -0.2) is 53.7 Å². The summed E-state index contributed by atoms with van der Waals surface area (Å²) in [6.07, 6.45) is 0.0190. The van der Waals surface area contributed by atoms with Gasteiger partial charge in [0.2, 0.25) is 0 Å². The summed E-state index contributed by atoms with van der Waals surface area (Å²) in [6.45, 7) is 3.35. The molecule has 2 heterocycles. The molecule has 1 aromatic rings. The minimum absolute atomic E-state index is 0.0190. The summed E-state index contributed by atoms with van der Waals surface area (Å²) in [7, 11) is 1.56. The lowest BCUT2D eigenvalue weighted by molar-refractivity contribution is -0.0364. The molecule has 0 spiro atoms. The van der Waals surface area contributed by atoms with Crippen LogP contribution >= 0.6 is 15.9 Å². The maximum atomic E-state index is 12.4. The zero-order valence-corrected chi connectivity index (χ0v) is 12.6. The second kappa shape index (κ2) is 6.49. The Morgan fingerprint density at radius 1 is 1.68 bits per heavy atom. The largest absolute Gasteiger partial charge is 0.377 e. The number of methoxy groups -OCH3 is 1. The Bertz CT molecular complexity index is 437. The van der Waals surface area contributed by atoms with Gasteiger partial charge in [-0.15, -0.1) is 0 Å². The van der Waals surface area contributed by atoms with Crippen LogP contribution in [0.5, 0.6) is 0 Å². The van der Waals surface area contributed by atoms with E-state index in [1.165, 1.54) is 0 Å². The van der Waals surface area contributed by atoms with Gasteiger partial charge in [-0.1, -0.05) is 21.1 Å². The topological polar surface area (TPSA) is 64.8 Å². The molecule has 0 aliphatic carbocycles. The van der Waals surface area contributed by atoms with Crippen molar-refractivity contribution in [1.82, 2.24) is 10.1 Å². The van der Waals surface area contributed by atoms with Crippen molar-refractivity contribution < 1.29 is 18.8 Å². The SMILES string of the molecule is COCc1cc(C(=O)N2CC(CBr)OCC2C)no1. The van der Waals surface area contributed by atoms with Crippen molar-refractivity contribution in [2.24, 2.45) is 0 Å².